The number of aromatic nitrogens is 2. The van der Waals surface area contributed by atoms with Gasteiger partial charge in [-0.2, -0.15) is 0 Å². The van der Waals surface area contributed by atoms with Gasteiger partial charge < -0.3 is 9.88 Å². The normalized spacial score (nSPS) is 17.7. The molecule has 1 fully saturated rings. The van der Waals surface area contributed by atoms with Crippen molar-refractivity contribution in [3.05, 3.63) is 71.0 Å². The third kappa shape index (κ3) is 4.65. The van der Waals surface area contributed by atoms with E-state index in [4.69, 9.17) is 4.98 Å². The Morgan fingerprint density at radius 2 is 1.71 bits per heavy atom. The quantitative estimate of drug-likeness (QED) is 0.608. The van der Waals surface area contributed by atoms with Gasteiger partial charge in [-0.25, -0.2) is 13.4 Å². The van der Waals surface area contributed by atoms with E-state index in [1.54, 1.807) is 24.3 Å². The van der Waals surface area contributed by atoms with Gasteiger partial charge in [0.1, 0.15) is 5.82 Å². The third-order valence-corrected chi connectivity index (χ3v) is 8.16. The summed E-state index contributed by atoms with van der Waals surface area (Å²) >= 11 is 0. The maximum absolute atomic E-state index is 12.8. The largest absolute Gasteiger partial charge is 0.342 e. The number of benzene rings is 2. The van der Waals surface area contributed by atoms with E-state index >= 15 is 0 Å². The molecular weight excluding hydrogens is 448 g/mol. The standard InChI is InChI=1S/C26H30N4O3S/c1-18-24(28-26(27-18)19-7-9-23(10-8-19)34(2,32)33)17-29-13-11-22(12-14-29)30-16-21-6-4-3-5-20(21)15-25(30)31/h3-10,22H,11-17H2,1-2H3,(H,27,28). The lowest BCUT2D eigenvalue weighted by Gasteiger charge is -2.40. The van der Waals surface area contributed by atoms with Crippen molar-refractivity contribution in [2.24, 2.45) is 0 Å². The van der Waals surface area contributed by atoms with Crippen LogP contribution in [0.2, 0.25) is 0 Å². The van der Waals surface area contributed by atoms with Crippen molar-refractivity contribution in [3.8, 4) is 11.4 Å². The maximum atomic E-state index is 12.8. The van der Waals surface area contributed by atoms with E-state index in [2.05, 4.69) is 33.0 Å². The van der Waals surface area contributed by atoms with E-state index in [9.17, 15) is 13.2 Å². The predicted molar refractivity (Wildman–Crippen MR) is 131 cm³/mol. The van der Waals surface area contributed by atoms with Gasteiger partial charge in [0.2, 0.25) is 5.91 Å². The fourth-order valence-electron chi connectivity index (χ4n) is 5.00. The molecule has 2 aliphatic rings. The number of H-pyrrole nitrogens is 1. The molecule has 178 valence electrons. The molecule has 1 amide bonds. The highest BCUT2D eigenvalue weighted by molar-refractivity contribution is 7.90. The first kappa shape index (κ1) is 22.8. The molecule has 1 aromatic heterocycles. The number of imidazole rings is 1. The molecule has 7 nitrogen and oxygen atoms in total. The number of fused-ring (bicyclic) bond motifs is 1. The van der Waals surface area contributed by atoms with E-state index in [-0.39, 0.29) is 5.91 Å². The minimum absolute atomic E-state index is 0.242. The fourth-order valence-corrected chi connectivity index (χ4v) is 5.63. The summed E-state index contributed by atoms with van der Waals surface area (Å²) < 4.78 is 23.4. The second-order valence-corrected chi connectivity index (χ2v) is 11.4. The Hall–Kier alpha value is -2.97. The first-order chi connectivity index (χ1) is 16.3. The van der Waals surface area contributed by atoms with E-state index in [1.165, 1.54) is 11.8 Å². The summed E-state index contributed by atoms with van der Waals surface area (Å²) in [7, 11) is -3.22. The molecule has 2 aromatic carbocycles. The minimum Gasteiger partial charge on any atom is -0.342 e. The van der Waals surface area contributed by atoms with Crippen LogP contribution in [0.1, 0.15) is 35.4 Å². The van der Waals surface area contributed by atoms with Crippen LogP contribution in [0.25, 0.3) is 11.4 Å². The van der Waals surface area contributed by atoms with E-state index in [1.807, 2.05) is 13.0 Å². The highest BCUT2D eigenvalue weighted by Crippen LogP contribution is 2.27. The first-order valence-electron chi connectivity index (χ1n) is 11.7. The second kappa shape index (κ2) is 9.00. The second-order valence-electron chi connectivity index (χ2n) is 9.43. The molecule has 5 rings (SSSR count). The van der Waals surface area contributed by atoms with Crippen LogP contribution in [-0.4, -0.2) is 59.5 Å². The van der Waals surface area contributed by atoms with Crippen molar-refractivity contribution in [2.75, 3.05) is 19.3 Å². The highest BCUT2D eigenvalue weighted by Gasteiger charge is 2.31. The van der Waals surface area contributed by atoms with Gasteiger partial charge in [0.05, 0.1) is 17.0 Å². The zero-order chi connectivity index (χ0) is 23.9. The van der Waals surface area contributed by atoms with Crippen LogP contribution in [0.4, 0.5) is 0 Å². The Morgan fingerprint density at radius 1 is 1.03 bits per heavy atom. The number of rotatable bonds is 5. The van der Waals surface area contributed by atoms with E-state index in [0.29, 0.717) is 17.4 Å². The van der Waals surface area contributed by atoms with Gasteiger partial charge in [0.15, 0.2) is 9.84 Å². The minimum atomic E-state index is -3.22. The predicted octanol–water partition coefficient (Wildman–Crippen LogP) is 3.34. The van der Waals surface area contributed by atoms with Crippen LogP contribution in [0.5, 0.6) is 0 Å². The number of aryl methyl sites for hydroxylation is 1. The zero-order valence-electron chi connectivity index (χ0n) is 19.6. The lowest BCUT2D eigenvalue weighted by Crippen LogP contribution is -2.48. The third-order valence-electron chi connectivity index (χ3n) is 7.03. The van der Waals surface area contributed by atoms with Gasteiger partial charge >= 0.3 is 0 Å². The molecule has 1 N–H and O–H groups in total. The molecule has 0 spiro atoms. The molecule has 1 saturated heterocycles. The van der Waals surface area contributed by atoms with Gasteiger partial charge in [0, 0.05) is 49.7 Å². The Bertz CT molecular complexity index is 1310. The number of piperidine rings is 1. The molecule has 0 radical (unpaired) electrons. The summed E-state index contributed by atoms with van der Waals surface area (Å²) in [6.45, 7) is 5.36. The zero-order valence-corrected chi connectivity index (χ0v) is 20.4. The Morgan fingerprint density at radius 3 is 2.38 bits per heavy atom. The smallest absolute Gasteiger partial charge is 0.227 e. The summed E-state index contributed by atoms with van der Waals surface area (Å²) in [5.41, 5.74) is 5.32. The topological polar surface area (TPSA) is 86.4 Å². The lowest BCUT2D eigenvalue weighted by molar-refractivity contribution is -0.135. The summed E-state index contributed by atoms with van der Waals surface area (Å²) in [5, 5.41) is 0. The average molecular weight is 479 g/mol. The van der Waals surface area contributed by atoms with Crippen LogP contribution in [-0.2, 0) is 34.1 Å². The monoisotopic (exact) mass is 478 g/mol. The van der Waals surface area contributed by atoms with Crippen molar-refractivity contribution < 1.29 is 13.2 Å². The lowest BCUT2D eigenvalue weighted by atomic mass is 9.95. The molecule has 0 aliphatic carbocycles. The van der Waals surface area contributed by atoms with Crippen molar-refractivity contribution in [2.45, 2.75) is 50.2 Å². The molecular formula is C26H30N4O3S. The van der Waals surface area contributed by atoms with Crippen molar-refractivity contribution in [1.82, 2.24) is 19.8 Å². The van der Waals surface area contributed by atoms with Gasteiger partial charge in [0.25, 0.3) is 0 Å². The Balaban J connectivity index is 1.21. The van der Waals surface area contributed by atoms with Crippen LogP contribution in [0.15, 0.2) is 53.4 Å². The van der Waals surface area contributed by atoms with Gasteiger partial charge in [-0.05, 0) is 55.2 Å². The number of nitrogens with one attached hydrogen (secondary N) is 1. The van der Waals surface area contributed by atoms with Gasteiger partial charge in [-0.1, -0.05) is 24.3 Å². The molecule has 3 heterocycles. The Kier molecular flexibility index (Phi) is 6.04. The highest BCUT2D eigenvalue weighted by atomic mass is 32.2. The van der Waals surface area contributed by atoms with Crippen molar-refractivity contribution in [1.29, 1.82) is 0 Å². The summed E-state index contributed by atoms with van der Waals surface area (Å²) in [6.07, 6.45) is 3.66. The fraction of sp³-hybridized carbons (Fsp3) is 0.385. The molecule has 0 saturated carbocycles. The average Bonchev–Trinajstić information content (AvgIpc) is 3.19. The van der Waals surface area contributed by atoms with Crippen LogP contribution in [0, 0.1) is 6.92 Å². The number of sulfone groups is 1. The Labute approximate surface area is 200 Å². The number of carbonyl (C=O) groups excluding carboxylic acids is 1. The van der Waals surface area contributed by atoms with Crippen LogP contribution in [0.3, 0.4) is 0 Å². The molecule has 2 aliphatic heterocycles. The summed E-state index contributed by atoms with van der Waals surface area (Å²) in [4.78, 5) is 25.7. The molecule has 8 heteroatoms. The molecule has 0 atom stereocenters. The molecule has 0 unspecified atom stereocenters. The molecule has 34 heavy (non-hydrogen) atoms. The number of likely N-dealkylation sites (tertiary alicyclic amines) is 1. The maximum Gasteiger partial charge on any atom is 0.227 e. The summed E-state index contributed by atoms with van der Waals surface area (Å²) in [5.74, 6) is 0.992. The SMILES string of the molecule is Cc1[nH]c(-c2ccc(S(C)(=O)=O)cc2)nc1CN1CCC(N2Cc3ccccc3CC2=O)CC1. The van der Waals surface area contributed by atoms with Crippen LogP contribution < -0.4 is 0 Å². The molecule has 0 bridgehead atoms. The summed E-state index contributed by atoms with van der Waals surface area (Å²) in [6, 6.07) is 15.4. The van der Waals surface area contributed by atoms with Gasteiger partial charge in [-0.15, -0.1) is 0 Å². The number of hydrogen-bond donors (Lipinski definition) is 1. The molecule has 3 aromatic rings. The van der Waals surface area contributed by atoms with Crippen LogP contribution >= 0.6 is 0 Å². The van der Waals surface area contributed by atoms with Crippen molar-refractivity contribution in [3.63, 3.8) is 0 Å². The van der Waals surface area contributed by atoms with Crippen molar-refractivity contribution >= 4 is 15.7 Å². The number of carbonyl (C=O) groups is 1. The van der Waals surface area contributed by atoms with Gasteiger partial charge in [-0.3, -0.25) is 9.69 Å². The number of hydrogen-bond acceptors (Lipinski definition) is 5. The van der Waals surface area contributed by atoms with E-state index in [0.717, 1.165) is 67.4 Å². The number of amides is 1. The number of nitrogens with zero attached hydrogens (tertiary/aromatic N) is 3. The van der Waals surface area contributed by atoms with E-state index < -0.39 is 9.84 Å². The first-order valence-corrected chi connectivity index (χ1v) is 13.6. The number of aromatic amines is 1.